The van der Waals surface area contributed by atoms with Crippen LogP contribution in [0, 0.1) is 5.92 Å². The molecule has 1 aliphatic carbocycles. The fourth-order valence-corrected chi connectivity index (χ4v) is 3.05. The average Bonchev–Trinajstić information content (AvgIpc) is 2.83. The van der Waals surface area contributed by atoms with E-state index in [-0.39, 0.29) is 5.78 Å². The van der Waals surface area contributed by atoms with E-state index in [1.807, 2.05) is 16.8 Å². The number of hydrogen-bond acceptors (Lipinski definition) is 3. The Hall–Kier alpha value is -0.670. The predicted octanol–water partition coefficient (Wildman–Crippen LogP) is 3.53. The minimum Gasteiger partial charge on any atom is -0.370 e. The maximum absolute atomic E-state index is 12.4. The Morgan fingerprint density at radius 1 is 1.50 bits per heavy atom. The molecule has 1 aromatic rings. The van der Waals surface area contributed by atoms with E-state index in [1.165, 1.54) is 0 Å². The molecule has 0 unspecified atom stereocenters. The van der Waals surface area contributed by atoms with Crippen LogP contribution in [0.4, 0.5) is 0 Å². The van der Waals surface area contributed by atoms with E-state index in [0.29, 0.717) is 0 Å². The number of carbonyl (C=O) groups is 1. The zero-order valence-electron chi connectivity index (χ0n) is 9.86. The van der Waals surface area contributed by atoms with E-state index in [2.05, 4.69) is 6.92 Å². The van der Waals surface area contributed by atoms with Gasteiger partial charge in [-0.2, -0.15) is 11.3 Å². The summed E-state index contributed by atoms with van der Waals surface area (Å²) in [6, 6.07) is 1.89. The molecule has 1 saturated carbocycles. The molecule has 3 heteroatoms. The molecule has 0 spiro atoms. The fourth-order valence-electron chi connectivity index (χ4n) is 2.41. The van der Waals surface area contributed by atoms with Crippen LogP contribution < -0.4 is 0 Å². The Bertz CT molecular complexity index is 348. The van der Waals surface area contributed by atoms with Crippen LogP contribution in [0.2, 0.25) is 0 Å². The van der Waals surface area contributed by atoms with Crippen molar-refractivity contribution in [2.24, 2.45) is 5.92 Å². The van der Waals surface area contributed by atoms with Crippen molar-refractivity contribution in [2.75, 3.05) is 7.11 Å². The summed E-state index contributed by atoms with van der Waals surface area (Å²) in [5, 5.41) is 3.86. The number of rotatable bonds is 3. The van der Waals surface area contributed by atoms with Gasteiger partial charge < -0.3 is 4.74 Å². The number of ketones is 1. The Labute approximate surface area is 101 Å². The predicted molar refractivity (Wildman–Crippen MR) is 66.0 cm³/mol. The van der Waals surface area contributed by atoms with Crippen LogP contribution in [0.15, 0.2) is 16.8 Å². The van der Waals surface area contributed by atoms with Gasteiger partial charge in [0.2, 0.25) is 0 Å². The largest absolute Gasteiger partial charge is 0.370 e. The van der Waals surface area contributed by atoms with Crippen molar-refractivity contribution in [3.05, 3.63) is 22.4 Å². The molecule has 2 rings (SSSR count). The standard InChI is InChI=1S/C13H18O2S/c1-10-3-6-13(15-2,7-4-10)12(14)11-5-8-16-9-11/h5,8-10H,3-4,6-7H2,1-2H3. The number of hydrogen-bond donors (Lipinski definition) is 0. The van der Waals surface area contributed by atoms with E-state index >= 15 is 0 Å². The van der Waals surface area contributed by atoms with Gasteiger partial charge in [-0.05, 0) is 43.0 Å². The van der Waals surface area contributed by atoms with Crippen LogP contribution in [0.3, 0.4) is 0 Å². The lowest BCUT2D eigenvalue weighted by molar-refractivity contribution is -0.0262. The first kappa shape index (κ1) is 11.8. The number of thiophene rings is 1. The van der Waals surface area contributed by atoms with Gasteiger partial charge >= 0.3 is 0 Å². The first-order valence-electron chi connectivity index (χ1n) is 5.80. The topological polar surface area (TPSA) is 26.3 Å². The second-order valence-electron chi connectivity index (χ2n) is 4.72. The van der Waals surface area contributed by atoms with Gasteiger partial charge in [-0.1, -0.05) is 6.92 Å². The first-order valence-corrected chi connectivity index (χ1v) is 6.74. The lowest BCUT2D eigenvalue weighted by Gasteiger charge is -2.36. The van der Waals surface area contributed by atoms with Gasteiger partial charge in [-0.25, -0.2) is 0 Å². The first-order chi connectivity index (χ1) is 7.68. The maximum Gasteiger partial charge on any atom is 0.195 e. The molecule has 0 atom stereocenters. The fraction of sp³-hybridized carbons (Fsp3) is 0.615. The zero-order chi connectivity index (χ0) is 11.6. The van der Waals surface area contributed by atoms with Gasteiger partial charge in [0, 0.05) is 18.1 Å². The van der Waals surface area contributed by atoms with Gasteiger partial charge in [-0.3, -0.25) is 4.79 Å². The van der Waals surface area contributed by atoms with Gasteiger partial charge in [0.05, 0.1) is 0 Å². The SMILES string of the molecule is COC1(C(=O)c2ccsc2)CCC(C)CC1. The summed E-state index contributed by atoms with van der Waals surface area (Å²) in [5.74, 6) is 0.890. The highest BCUT2D eigenvalue weighted by atomic mass is 32.1. The van der Waals surface area contributed by atoms with Crippen LogP contribution in [0.5, 0.6) is 0 Å². The van der Waals surface area contributed by atoms with Gasteiger partial charge in [-0.15, -0.1) is 0 Å². The Morgan fingerprint density at radius 3 is 2.69 bits per heavy atom. The summed E-state index contributed by atoms with van der Waals surface area (Å²) >= 11 is 1.57. The summed E-state index contributed by atoms with van der Waals surface area (Å²) < 4.78 is 5.57. The second-order valence-corrected chi connectivity index (χ2v) is 5.50. The number of carbonyl (C=O) groups excluding carboxylic acids is 1. The summed E-state index contributed by atoms with van der Waals surface area (Å²) in [6.45, 7) is 2.24. The van der Waals surface area contributed by atoms with Crippen LogP contribution >= 0.6 is 11.3 Å². The van der Waals surface area contributed by atoms with Crippen LogP contribution in [0.1, 0.15) is 43.0 Å². The third kappa shape index (κ3) is 2.06. The van der Waals surface area contributed by atoms with E-state index in [4.69, 9.17) is 4.74 Å². The molecule has 2 nitrogen and oxygen atoms in total. The molecule has 0 bridgehead atoms. The zero-order valence-corrected chi connectivity index (χ0v) is 10.7. The highest BCUT2D eigenvalue weighted by Gasteiger charge is 2.41. The molecule has 0 aliphatic heterocycles. The number of Topliss-reactive ketones (excluding diaryl/α,β-unsaturated/α-hetero) is 1. The van der Waals surface area contributed by atoms with E-state index in [0.717, 1.165) is 37.2 Å². The highest BCUT2D eigenvalue weighted by Crippen LogP contribution is 2.37. The summed E-state index contributed by atoms with van der Waals surface area (Å²) in [5.41, 5.74) is 0.259. The molecule has 0 N–H and O–H groups in total. The third-order valence-corrected chi connectivity index (χ3v) is 4.35. The third-order valence-electron chi connectivity index (χ3n) is 3.67. The molecule has 1 aliphatic rings. The van der Waals surface area contributed by atoms with Gasteiger partial charge in [0.15, 0.2) is 5.78 Å². The minimum absolute atomic E-state index is 0.170. The maximum atomic E-state index is 12.4. The lowest BCUT2D eigenvalue weighted by Crippen LogP contribution is -2.43. The summed E-state index contributed by atoms with van der Waals surface area (Å²) in [4.78, 5) is 12.4. The van der Waals surface area contributed by atoms with Crippen molar-refractivity contribution in [1.29, 1.82) is 0 Å². The molecule has 88 valence electrons. The van der Waals surface area contributed by atoms with Crippen molar-refractivity contribution in [1.82, 2.24) is 0 Å². The van der Waals surface area contributed by atoms with E-state index in [9.17, 15) is 4.79 Å². The second kappa shape index (κ2) is 4.68. The van der Waals surface area contributed by atoms with Gasteiger partial charge in [0.1, 0.15) is 5.60 Å². The Kier molecular flexibility index (Phi) is 3.45. The molecular formula is C13H18O2S. The monoisotopic (exact) mass is 238 g/mol. The highest BCUT2D eigenvalue weighted by molar-refractivity contribution is 7.08. The summed E-state index contributed by atoms with van der Waals surface area (Å²) in [6.07, 6.45) is 3.89. The van der Waals surface area contributed by atoms with Crippen molar-refractivity contribution in [3.8, 4) is 0 Å². The molecule has 1 aromatic heterocycles. The quantitative estimate of drug-likeness (QED) is 0.753. The van der Waals surface area contributed by atoms with Crippen molar-refractivity contribution in [2.45, 2.75) is 38.2 Å². The van der Waals surface area contributed by atoms with Crippen LogP contribution in [-0.4, -0.2) is 18.5 Å². The Morgan fingerprint density at radius 2 is 2.19 bits per heavy atom. The van der Waals surface area contributed by atoms with Crippen molar-refractivity contribution < 1.29 is 9.53 Å². The van der Waals surface area contributed by atoms with E-state index < -0.39 is 5.60 Å². The van der Waals surface area contributed by atoms with Crippen molar-refractivity contribution in [3.63, 3.8) is 0 Å². The lowest BCUT2D eigenvalue weighted by atomic mass is 9.76. The van der Waals surface area contributed by atoms with Crippen molar-refractivity contribution >= 4 is 17.1 Å². The van der Waals surface area contributed by atoms with Crippen LogP contribution in [-0.2, 0) is 4.74 Å². The summed E-state index contributed by atoms with van der Waals surface area (Å²) in [7, 11) is 1.67. The minimum atomic E-state index is -0.548. The smallest absolute Gasteiger partial charge is 0.195 e. The normalized spacial score (nSPS) is 30.2. The number of methoxy groups -OCH3 is 1. The molecule has 16 heavy (non-hydrogen) atoms. The molecule has 0 saturated heterocycles. The molecule has 1 fully saturated rings. The number of ether oxygens (including phenoxy) is 1. The van der Waals surface area contributed by atoms with Gasteiger partial charge in [0.25, 0.3) is 0 Å². The molecular weight excluding hydrogens is 220 g/mol. The molecule has 0 aromatic carbocycles. The molecule has 0 radical (unpaired) electrons. The average molecular weight is 238 g/mol. The van der Waals surface area contributed by atoms with E-state index in [1.54, 1.807) is 18.4 Å². The molecule has 1 heterocycles. The van der Waals surface area contributed by atoms with Crippen LogP contribution in [0.25, 0.3) is 0 Å². The molecule has 0 amide bonds. The Balaban J connectivity index is 2.19.